The Kier molecular flexibility index (Phi) is 5.05. The van der Waals surface area contributed by atoms with Gasteiger partial charge in [-0.1, -0.05) is 12.1 Å². The van der Waals surface area contributed by atoms with Crippen molar-refractivity contribution in [1.82, 2.24) is 10.6 Å². The molecular weight excluding hydrogens is 430 g/mol. The van der Waals surface area contributed by atoms with Gasteiger partial charge >= 0.3 is 6.09 Å². The van der Waals surface area contributed by atoms with Crippen molar-refractivity contribution in [3.05, 3.63) is 53.6 Å². The fourth-order valence-electron chi connectivity index (χ4n) is 5.19. The van der Waals surface area contributed by atoms with Gasteiger partial charge in [0.2, 0.25) is 5.91 Å². The molecule has 2 aromatic rings. The van der Waals surface area contributed by atoms with Gasteiger partial charge in [-0.2, -0.15) is 5.26 Å². The van der Waals surface area contributed by atoms with Crippen molar-refractivity contribution >= 4 is 17.7 Å². The predicted molar refractivity (Wildman–Crippen MR) is 115 cm³/mol. The van der Waals surface area contributed by atoms with Crippen LogP contribution in [0.25, 0.3) is 11.1 Å². The molecule has 9 heteroatoms. The molecule has 0 bridgehead atoms. The molecule has 5 rings (SSSR count). The molecule has 170 valence electrons. The highest BCUT2D eigenvalue weighted by molar-refractivity contribution is 5.90. The van der Waals surface area contributed by atoms with Gasteiger partial charge in [0.25, 0.3) is 0 Å². The van der Waals surface area contributed by atoms with Crippen LogP contribution in [0.4, 0.5) is 19.3 Å². The van der Waals surface area contributed by atoms with E-state index in [9.17, 15) is 19.2 Å². The number of nitriles is 1. The molecule has 1 saturated carbocycles. The van der Waals surface area contributed by atoms with E-state index in [4.69, 9.17) is 4.74 Å². The number of ether oxygens (including phenoxy) is 1. The highest BCUT2D eigenvalue weighted by Gasteiger charge is 2.68. The summed E-state index contributed by atoms with van der Waals surface area (Å²) in [6.07, 6.45) is -1.16. The number of carbonyl (C=O) groups excluding carboxylic acids is 2. The number of anilines is 1. The van der Waals surface area contributed by atoms with E-state index in [1.807, 2.05) is 0 Å². The van der Waals surface area contributed by atoms with Crippen LogP contribution in [0.5, 0.6) is 0 Å². The number of amides is 2. The van der Waals surface area contributed by atoms with Crippen LogP contribution >= 0.6 is 0 Å². The van der Waals surface area contributed by atoms with Gasteiger partial charge in [-0.15, -0.1) is 0 Å². The van der Waals surface area contributed by atoms with Crippen molar-refractivity contribution in [2.45, 2.75) is 18.4 Å². The van der Waals surface area contributed by atoms with Crippen molar-refractivity contribution in [3.63, 3.8) is 0 Å². The third-order valence-corrected chi connectivity index (χ3v) is 6.90. The van der Waals surface area contributed by atoms with Crippen LogP contribution in [-0.4, -0.2) is 44.3 Å². The van der Waals surface area contributed by atoms with E-state index in [1.165, 1.54) is 30.0 Å². The Morgan fingerprint density at radius 3 is 2.64 bits per heavy atom. The van der Waals surface area contributed by atoms with Crippen LogP contribution in [0, 0.1) is 34.8 Å². The summed E-state index contributed by atoms with van der Waals surface area (Å²) in [5.74, 6) is -1.15. The Morgan fingerprint density at radius 2 is 2.00 bits per heavy atom. The molecule has 1 aliphatic carbocycles. The van der Waals surface area contributed by atoms with Gasteiger partial charge < -0.3 is 15.4 Å². The zero-order valence-corrected chi connectivity index (χ0v) is 17.9. The number of nitrogens with one attached hydrogen (secondary N) is 2. The van der Waals surface area contributed by atoms with E-state index >= 15 is 4.39 Å². The molecule has 2 unspecified atom stereocenters. The standard InChI is InChI=1S/C24H22F2N4O3/c1-13(31)29-8-16-11-30(23(32)33-16)15-3-4-17(21(25)7-15)14-2-5-18(22(26)6-14)24(12-27)19-9-28-10-20(19)24/h2-7,16,19-20,28H,8-11H2,1H3,(H,29,31)/t16-,19?,20?,24?/m0/s1. The Morgan fingerprint density at radius 1 is 1.24 bits per heavy atom. The van der Waals surface area contributed by atoms with Crippen LogP contribution in [0.15, 0.2) is 36.4 Å². The van der Waals surface area contributed by atoms with Gasteiger partial charge in [-0.25, -0.2) is 13.6 Å². The van der Waals surface area contributed by atoms with Gasteiger partial charge in [0.05, 0.1) is 30.3 Å². The van der Waals surface area contributed by atoms with E-state index in [0.29, 0.717) is 29.9 Å². The number of halogens is 2. The summed E-state index contributed by atoms with van der Waals surface area (Å²) >= 11 is 0. The molecule has 2 amide bonds. The summed E-state index contributed by atoms with van der Waals surface area (Å²) < 4.78 is 35.2. The Labute approximate surface area is 189 Å². The van der Waals surface area contributed by atoms with Crippen molar-refractivity contribution in [1.29, 1.82) is 5.26 Å². The van der Waals surface area contributed by atoms with Crippen molar-refractivity contribution < 1.29 is 23.1 Å². The SMILES string of the molecule is CC(=O)NC[C@H]1CN(c2ccc(-c3ccc(C4(C#N)C5CNCC54)c(F)c3)c(F)c2)C(=O)O1. The molecule has 2 aromatic carbocycles. The molecule has 2 aliphatic heterocycles. The number of rotatable bonds is 5. The smallest absolute Gasteiger partial charge is 0.414 e. The van der Waals surface area contributed by atoms with E-state index in [0.717, 1.165) is 0 Å². The lowest BCUT2D eigenvalue weighted by atomic mass is 9.89. The molecular formula is C24H22F2N4O3. The maximum atomic E-state index is 15.1. The van der Waals surface area contributed by atoms with E-state index in [2.05, 4.69) is 16.7 Å². The molecule has 3 atom stereocenters. The second-order valence-corrected chi connectivity index (χ2v) is 8.76. The number of fused-ring (bicyclic) bond motifs is 1. The number of piperidine rings is 1. The van der Waals surface area contributed by atoms with Crippen LogP contribution < -0.4 is 15.5 Å². The van der Waals surface area contributed by atoms with Crippen LogP contribution in [-0.2, 0) is 14.9 Å². The molecule has 2 N–H and O–H groups in total. The second-order valence-electron chi connectivity index (χ2n) is 8.76. The average Bonchev–Trinajstić information content (AvgIpc) is 3.11. The van der Waals surface area contributed by atoms with Crippen molar-refractivity contribution in [3.8, 4) is 17.2 Å². The quantitative estimate of drug-likeness (QED) is 0.728. The minimum atomic E-state index is -0.805. The molecule has 0 radical (unpaired) electrons. The zero-order chi connectivity index (χ0) is 23.3. The maximum absolute atomic E-state index is 15.1. The fraction of sp³-hybridized carbons (Fsp3) is 0.375. The van der Waals surface area contributed by atoms with E-state index < -0.39 is 29.2 Å². The lowest BCUT2D eigenvalue weighted by molar-refractivity contribution is -0.119. The Bertz CT molecular complexity index is 1180. The molecule has 3 aliphatic rings. The first-order valence-electron chi connectivity index (χ1n) is 10.8. The molecule has 3 fully saturated rings. The van der Waals surface area contributed by atoms with Gasteiger partial charge in [-0.3, -0.25) is 9.69 Å². The lowest BCUT2D eigenvalue weighted by Gasteiger charge is -2.17. The summed E-state index contributed by atoms with van der Waals surface area (Å²) in [4.78, 5) is 24.5. The molecule has 33 heavy (non-hydrogen) atoms. The third-order valence-electron chi connectivity index (χ3n) is 6.90. The summed E-state index contributed by atoms with van der Waals surface area (Å²) in [5, 5.41) is 15.5. The largest absolute Gasteiger partial charge is 0.442 e. The van der Waals surface area contributed by atoms with Gasteiger partial charge in [0.15, 0.2) is 0 Å². The summed E-state index contributed by atoms with van der Waals surface area (Å²) in [7, 11) is 0. The number of cyclic esters (lactones) is 1. The van der Waals surface area contributed by atoms with Crippen molar-refractivity contribution in [2.24, 2.45) is 11.8 Å². The van der Waals surface area contributed by atoms with Crippen molar-refractivity contribution in [2.75, 3.05) is 31.1 Å². The Balaban J connectivity index is 1.36. The first-order chi connectivity index (χ1) is 15.8. The average molecular weight is 452 g/mol. The molecule has 0 aromatic heterocycles. The van der Waals surface area contributed by atoms with Crippen LogP contribution in [0.1, 0.15) is 12.5 Å². The molecule has 7 nitrogen and oxygen atoms in total. The minimum absolute atomic E-state index is 0.105. The maximum Gasteiger partial charge on any atom is 0.414 e. The summed E-state index contributed by atoms with van der Waals surface area (Å²) in [5.41, 5.74) is 0.415. The van der Waals surface area contributed by atoms with E-state index in [1.54, 1.807) is 18.2 Å². The number of nitrogens with zero attached hydrogens (tertiary/aromatic N) is 2. The van der Waals surface area contributed by atoms with Crippen LogP contribution in [0.2, 0.25) is 0 Å². The van der Waals surface area contributed by atoms with Gasteiger partial charge in [-0.05, 0) is 29.8 Å². The zero-order valence-electron chi connectivity index (χ0n) is 17.9. The second kappa shape index (κ2) is 7.81. The first-order valence-corrected chi connectivity index (χ1v) is 10.8. The minimum Gasteiger partial charge on any atom is -0.442 e. The molecule has 0 spiro atoms. The van der Waals surface area contributed by atoms with Gasteiger partial charge in [0.1, 0.15) is 17.7 Å². The number of carbonyl (C=O) groups is 2. The van der Waals surface area contributed by atoms with Gasteiger partial charge in [0, 0.05) is 43.0 Å². The summed E-state index contributed by atoms with van der Waals surface area (Å²) in [6, 6.07) is 11.1. The third kappa shape index (κ3) is 3.42. The number of hydrogen-bond acceptors (Lipinski definition) is 5. The number of benzene rings is 2. The lowest BCUT2D eigenvalue weighted by Crippen LogP contribution is -2.33. The monoisotopic (exact) mass is 452 g/mol. The predicted octanol–water partition coefficient (Wildman–Crippen LogP) is 2.70. The van der Waals surface area contributed by atoms with Crippen LogP contribution in [0.3, 0.4) is 0 Å². The highest BCUT2D eigenvalue weighted by atomic mass is 19.1. The molecule has 2 heterocycles. The highest BCUT2D eigenvalue weighted by Crippen LogP contribution is 2.61. The van der Waals surface area contributed by atoms with E-state index in [-0.39, 0.29) is 36.4 Å². The Hall–Kier alpha value is -3.51. The normalized spacial score (nSPS) is 27.6. The number of hydrogen-bond donors (Lipinski definition) is 2. The molecule has 2 saturated heterocycles. The first kappa shape index (κ1) is 21.3. The summed E-state index contributed by atoms with van der Waals surface area (Å²) in [6.45, 7) is 3.10. The fourth-order valence-corrected chi connectivity index (χ4v) is 5.19. The topological polar surface area (TPSA) is 94.5 Å².